The van der Waals surface area contributed by atoms with Gasteiger partial charge in [0.25, 0.3) is 5.91 Å². The summed E-state index contributed by atoms with van der Waals surface area (Å²) in [6.07, 6.45) is 1.98. The molecule has 0 unspecified atom stereocenters. The third kappa shape index (κ3) is 1.16. The zero-order valence-corrected chi connectivity index (χ0v) is 8.75. The Hall–Kier alpha value is -1.51. The van der Waals surface area contributed by atoms with Gasteiger partial charge in [-0.2, -0.15) is 0 Å². The van der Waals surface area contributed by atoms with Crippen LogP contribution in [0.1, 0.15) is 27.9 Å². The molecule has 15 heavy (non-hydrogen) atoms. The lowest BCUT2D eigenvalue weighted by Gasteiger charge is -2.19. The molecule has 3 nitrogen and oxygen atoms in total. The van der Waals surface area contributed by atoms with Crippen molar-refractivity contribution in [3.05, 3.63) is 28.8 Å². The van der Waals surface area contributed by atoms with Crippen molar-refractivity contribution < 1.29 is 9.53 Å². The molecule has 0 N–H and O–H groups in total. The van der Waals surface area contributed by atoms with E-state index in [1.54, 1.807) is 4.90 Å². The molecule has 2 aliphatic heterocycles. The fraction of sp³-hybridized carbons (Fsp3) is 0.417. The first-order valence-electron chi connectivity index (χ1n) is 5.30. The largest absolute Gasteiger partial charge is 0.493 e. The number of benzene rings is 1. The van der Waals surface area contributed by atoms with Gasteiger partial charge in [0.2, 0.25) is 0 Å². The zero-order chi connectivity index (χ0) is 10.4. The average Bonchev–Trinajstić information content (AvgIpc) is 2.55. The maximum Gasteiger partial charge on any atom is 0.254 e. The van der Waals surface area contributed by atoms with Gasteiger partial charge in [0.05, 0.1) is 12.2 Å². The summed E-state index contributed by atoms with van der Waals surface area (Å²) >= 11 is 0. The van der Waals surface area contributed by atoms with Crippen LogP contribution in [-0.4, -0.2) is 24.5 Å². The van der Waals surface area contributed by atoms with Crippen molar-refractivity contribution in [2.24, 2.45) is 0 Å². The van der Waals surface area contributed by atoms with Gasteiger partial charge in [-0.3, -0.25) is 4.79 Å². The summed E-state index contributed by atoms with van der Waals surface area (Å²) in [6.45, 7) is 1.51. The van der Waals surface area contributed by atoms with Gasteiger partial charge >= 0.3 is 0 Å². The molecule has 3 heteroatoms. The third-order valence-corrected chi connectivity index (χ3v) is 3.15. The van der Waals surface area contributed by atoms with Crippen LogP contribution in [0.2, 0.25) is 0 Å². The number of hydrogen-bond acceptors (Lipinski definition) is 2. The van der Waals surface area contributed by atoms with Crippen LogP contribution in [0.3, 0.4) is 0 Å². The summed E-state index contributed by atoms with van der Waals surface area (Å²) in [6, 6.07) is 4.01. The average molecular weight is 203 g/mol. The molecule has 1 aromatic carbocycles. The highest BCUT2D eigenvalue weighted by Crippen LogP contribution is 2.34. The minimum Gasteiger partial charge on any atom is -0.493 e. The van der Waals surface area contributed by atoms with Crippen LogP contribution >= 0.6 is 0 Å². The van der Waals surface area contributed by atoms with E-state index in [4.69, 9.17) is 4.74 Å². The molecular formula is C12H13NO2. The normalized spacial score (nSPS) is 18.5. The van der Waals surface area contributed by atoms with Crippen molar-refractivity contribution in [1.29, 1.82) is 0 Å². The SMILES string of the molecule is CN1Cc2ccc3c(c2C1=O)CCCO3. The lowest BCUT2D eigenvalue weighted by molar-refractivity contribution is 0.0815. The summed E-state index contributed by atoms with van der Waals surface area (Å²) in [5.74, 6) is 1.05. The quantitative estimate of drug-likeness (QED) is 0.641. The molecule has 0 fully saturated rings. The van der Waals surface area contributed by atoms with E-state index in [0.29, 0.717) is 0 Å². The fourth-order valence-corrected chi connectivity index (χ4v) is 2.41. The summed E-state index contributed by atoms with van der Waals surface area (Å²) in [5, 5.41) is 0. The van der Waals surface area contributed by atoms with Crippen molar-refractivity contribution in [2.75, 3.05) is 13.7 Å². The first-order valence-corrected chi connectivity index (χ1v) is 5.30. The van der Waals surface area contributed by atoms with Crippen molar-refractivity contribution in [1.82, 2.24) is 4.90 Å². The maximum absolute atomic E-state index is 11.9. The Kier molecular flexibility index (Phi) is 1.75. The maximum atomic E-state index is 11.9. The molecule has 0 saturated carbocycles. The van der Waals surface area contributed by atoms with Gasteiger partial charge in [0.15, 0.2) is 0 Å². The van der Waals surface area contributed by atoms with Gasteiger partial charge in [0.1, 0.15) is 5.75 Å². The van der Waals surface area contributed by atoms with Crippen LogP contribution in [0, 0.1) is 0 Å². The van der Waals surface area contributed by atoms with E-state index in [1.165, 1.54) is 0 Å². The van der Waals surface area contributed by atoms with Crippen molar-refractivity contribution in [3.63, 3.8) is 0 Å². The molecule has 2 aliphatic rings. The molecule has 0 atom stereocenters. The second-order valence-electron chi connectivity index (χ2n) is 4.19. The monoisotopic (exact) mass is 203 g/mol. The van der Waals surface area contributed by atoms with Gasteiger partial charge in [-0.15, -0.1) is 0 Å². The number of amides is 1. The zero-order valence-electron chi connectivity index (χ0n) is 8.75. The Bertz CT molecular complexity index is 439. The number of carbonyl (C=O) groups excluding carboxylic acids is 1. The number of carbonyl (C=O) groups is 1. The van der Waals surface area contributed by atoms with Crippen molar-refractivity contribution in [2.45, 2.75) is 19.4 Å². The van der Waals surface area contributed by atoms with Gasteiger partial charge in [0, 0.05) is 19.2 Å². The van der Waals surface area contributed by atoms with Gasteiger partial charge in [-0.1, -0.05) is 6.07 Å². The predicted molar refractivity (Wildman–Crippen MR) is 56.1 cm³/mol. The van der Waals surface area contributed by atoms with Crippen molar-refractivity contribution >= 4 is 5.91 Å². The van der Waals surface area contributed by atoms with E-state index < -0.39 is 0 Å². The standard InChI is InChI=1S/C12H13NO2/c1-13-7-8-4-5-10-9(3-2-6-15-10)11(8)12(13)14/h4-5H,2-3,6-7H2,1H3. The molecule has 1 aromatic rings. The minimum atomic E-state index is 0.146. The molecule has 0 aromatic heterocycles. The van der Waals surface area contributed by atoms with Gasteiger partial charge < -0.3 is 9.64 Å². The van der Waals surface area contributed by atoms with E-state index in [9.17, 15) is 4.79 Å². The number of hydrogen-bond donors (Lipinski definition) is 0. The molecule has 78 valence electrons. The summed E-state index contributed by atoms with van der Waals surface area (Å²) in [5.41, 5.74) is 3.16. The molecule has 0 saturated heterocycles. The van der Waals surface area contributed by atoms with Gasteiger partial charge in [-0.05, 0) is 24.5 Å². The first kappa shape index (κ1) is 8.77. The van der Waals surface area contributed by atoms with Crippen LogP contribution in [0.25, 0.3) is 0 Å². The van der Waals surface area contributed by atoms with Gasteiger partial charge in [-0.25, -0.2) is 0 Å². The fourth-order valence-electron chi connectivity index (χ4n) is 2.41. The number of rotatable bonds is 0. The van der Waals surface area contributed by atoms with E-state index in [0.717, 1.165) is 48.4 Å². The molecule has 2 heterocycles. The smallest absolute Gasteiger partial charge is 0.254 e. The Balaban J connectivity index is 2.20. The Morgan fingerprint density at radius 3 is 3.13 bits per heavy atom. The lowest BCUT2D eigenvalue weighted by atomic mass is 9.97. The second kappa shape index (κ2) is 2.99. The van der Waals surface area contributed by atoms with Crippen molar-refractivity contribution in [3.8, 4) is 5.75 Å². The van der Waals surface area contributed by atoms with E-state index in [2.05, 4.69) is 0 Å². The highest BCUT2D eigenvalue weighted by atomic mass is 16.5. The minimum absolute atomic E-state index is 0.146. The number of ether oxygens (including phenoxy) is 1. The van der Waals surface area contributed by atoms with Crippen LogP contribution in [0.15, 0.2) is 12.1 Å². The van der Waals surface area contributed by atoms with Crippen LogP contribution in [0.5, 0.6) is 5.75 Å². The molecular weight excluding hydrogens is 190 g/mol. The summed E-state index contributed by atoms with van der Waals surface area (Å²) < 4.78 is 5.56. The first-order chi connectivity index (χ1) is 7.27. The lowest BCUT2D eigenvalue weighted by Crippen LogP contribution is -2.19. The highest BCUT2D eigenvalue weighted by Gasteiger charge is 2.29. The van der Waals surface area contributed by atoms with E-state index in [1.807, 2.05) is 19.2 Å². The highest BCUT2D eigenvalue weighted by molar-refractivity contribution is 6.00. The summed E-state index contributed by atoms with van der Waals surface area (Å²) in [4.78, 5) is 13.7. The van der Waals surface area contributed by atoms with Crippen LogP contribution in [-0.2, 0) is 13.0 Å². The third-order valence-electron chi connectivity index (χ3n) is 3.15. The molecule has 1 amide bonds. The number of fused-ring (bicyclic) bond motifs is 3. The molecule has 0 aliphatic carbocycles. The topological polar surface area (TPSA) is 29.5 Å². The Morgan fingerprint density at radius 1 is 1.40 bits per heavy atom. The molecule has 0 bridgehead atoms. The number of nitrogens with zero attached hydrogens (tertiary/aromatic N) is 1. The predicted octanol–water partition coefficient (Wildman–Crippen LogP) is 1.60. The van der Waals surface area contributed by atoms with Crippen LogP contribution < -0.4 is 4.74 Å². The van der Waals surface area contributed by atoms with Crippen LogP contribution in [0.4, 0.5) is 0 Å². The molecule has 0 radical (unpaired) electrons. The Morgan fingerprint density at radius 2 is 2.27 bits per heavy atom. The Labute approximate surface area is 88.6 Å². The molecule has 0 spiro atoms. The molecule has 3 rings (SSSR count). The van der Waals surface area contributed by atoms with E-state index in [-0.39, 0.29) is 5.91 Å². The second-order valence-corrected chi connectivity index (χ2v) is 4.19. The summed E-state index contributed by atoms with van der Waals surface area (Å²) in [7, 11) is 1.85. The van der Waals surface area contributed by atoms with E-state index >= 15 is 0 Å².